The summed E-state index contributed by atoms with van der Waals surface area (Å²) in [7, 11) is 1.39. The van der Waals surface area contributed by atoms with E-state index in [0.29, 0.717) is 33.3 Å². The van der Waals surface area contributed by atoms with Crippen molar-refractivity contribution in [3.05, 3.63) is 82.9 Å². The molecule has 4 aromatic rings. The molecular formula is C24H22ClN3O6S. The minimum atomic E-state index is -1.62. The quantitative estimate of drug-likeness (QED) is 0.316. The van der Waals surface area contributed by atoms with Gasteiger partial charge in [0.25, 0.3) is 0 Å². The van der Waals surface area contributed by atoms with Gasteiger partial charge >= 0.3 is 6.16 Å². The Labute approximate surface area is 208 Å². The summed E-state index contributed by atoms with van der Waals surface area (Å²) in [5.74, 6) is 0.892. The fourth-order valence-corrected chi connectivity index (χ4v) is 5.59. The number of hydrogen-bond acceptors (Lipinski definition) is 7. The molecule has 0 spiro atoms. The average Bonchev–Trinajstić information content (AvgIpc) is 3.27. The van der Waals surface area contributed by atoms with Gasteiger partial charge in [0.15, 0.2) is 11.5 Å². The van der Waals surface area contributed by atoms with Crippen LogP contribution in [0.3, 0.4) is 0 Å². The molecule has 11 heteroatoms. The van der Waals surface area contributed by atoms with Crippen molar-refractivity contribution in [3.63, 3.8) is 0 Å². The van der Waals surface area contributed by atoms with E-state index in [0.717, 1.165) is 11.0 Å². The van der Waals surface area contributed by atoms with E-state index in [2.05, 4.69) is 9.97 Å². The molecule has 0 saturated heterocycles. The summed E-state index contributed by atoms with van der Waals surface area (Å²) in [6.07, 6.45) is 1.75. The van der Waals surface area contributed by atoms with Gasteiger partial charge in [0, 0.05) is 17.3 Å². The number of carbonyl (C=O) groups is 1. The van der Waals surface area contributed by atoms with E-state index in [4.69, 9.17) is 30.9 Å². The fraction of sp³-hybridized carbons (Fsp3) is 0.208. The number of benzene rings is 2. The van der Waals surface area contributed by atoms with Crippen LogP contribution in [0.15, 0.2) is 61.1 Å². The minimum absolute atomic E-state index is 0.0272. The second-order valence-corrected chi connectivity index (χ2v) is 9.34. The predicted molar refractivity (Wildman–Crippen MR) is 131 cm³/mol. The lowest BCUT2D eigenvalue weighted by molar-refractivity contribution is 0.0851. The summed E-state index contributed by atoms with van der Waals surface area (Å²) in [4.78, 5) is 19.9. The first kappa shape index (κ1) is 24.5. The number of hydrogen-bond donors (Lipinski definition) is 1. The molecular weight excluding hydrogens is 494 g/mol. The lowest BCUT2D eigenvalue weighted by Gasteiger charge is -2.23. The molecule has 0 amide bonds. The molecule has 0 radical (unpaired) electrons. The molecule has 2 heterocycles. The van der Waals surface area contributed by atoms with Crippen LogP contribution in [0.2, 0.25) is 5.02 Å². The van der Waals surface area contributed by atoms with Crippen LogP contribution >= 0.6 is 11.6 Å². The molecule has 0 aliphatic heterocycles. The highest BCUT2D eigenvalue weighted by molar-refractivity contribution is 7.84. The van der Waals surface area contributed by atoms with Gasteiger partial charge in [-0.05, 0) is 35.4 Å². The molecule has 0 bridgehead atoms. The number of pyridine rings is 1. The zero-order valence-corrected chi connectivity index (χ0v) is 20.5. The summed E-state index contributed by atoms with van der Waals surface area (Å²) in [5, 5.41) is 8.68. The molecule has 9 nitrogen and oxygen atoms in total. The molecule has 35 heavy (non-hydrogen) atoms. The van der Waals surface area contributed by atoms with Crippen molar-refractivity contribution >= 4 is 39.6 Å². The Morgan fingerprint density at radius 1 is 1.14 bits per heavy atom. The number of aromatic nitrogens is 3. The van der Waals surface area contributed by atoms with Crippen LogP contribution < -0.4 is 9.47 Å². The Bertz CT molecular complexity index is 1390. The SMILES string of the molecule is COc1ccnc(CS(=O)C(c2ccc(Cl)cc2COC(=O)O)n2cnc3ccccc32)c1OC. The van der Waals surface area contributed by atoms with Crippen LogP contribution in [-0.4, -0.2) is 44.2 Å². The topological polar surface area (TPSA) is 113 Å². The number of fused-ring (bicyclic) bond motifs is 1. The molecule has 0 aliphatic rings. The predicted octanol–water partition coefficient (Wildman–Crippen LogP) is 4.79. The van der Waals surface area contributed by atoms with Crippen LogP contribution in [0.1, 0.15) is 22.2 Å². The van der Waals surface area contributed by atoms with Gasteiger partial charge in [0.1, 0.15) is 12.0 Å². The smallest absolute Gasteiger partial charge is 0.493 e. The zero-order valence-electron chi connectivity index (χ0n) is 18.9. The third-order valence-electron chi connectivity index (χ3n) is 5.35. The maximum Gasteiger partial charge on any atom is 0.506 e. The van der Waals surface area contributed by atoms with E-state index in [1.807, 2.05) is 24.3 Å². The molecule has 1 N–H and O–H groups in total. The van der Waals surface area contributed by atoms with Crippen LogP contribution in [-0.2, 0) is 27.9 Å². The Morgan fingerprint density at radius 2 is 1.94 bits per heavy atom. The van der Waals surface area contributed by atoms with Gasteiger partial charge in [-0.3, -0.25) is 9.19 Å². The maximum atomic E-state index is 14.0. The monoisotopic (exact) mass is 515 g/mol. The van der Waals surface area contributed by atoms with Crippen molar-refractivity contribution < 1.29 is 28.3 Å². The number of carboxylic acid groups (broad SMARTS) is 1. The van der Waals surface area contributed by atoms with E-state index in [-0.39, 0.29) is 12.4 Å². The largest absolute Gasteiger partial charge is 0.506 e. The van der Waals surface area contributed by atoms with Gasteiger partial charge in [-0.2, -0.15) is 0 Å². The van der Waals surface area contributed by atoms with Gasteiger partial charge in [-0.15, -0.1) is 0 Å². The van der Waals surface area contributed by atoms with Gasteiger partial charge in [0.2, 0.25) is 0 Å². The van der Waals surface area contributed by atoms with E-state index >= 15 is 0 Å². The number of rotatable bonds is 9. The van der Waals surface area contributed by atoms with Crippen molar-refractivity contribution in [2.75, 3.05) is 14.2 Å². The lowest BCUT2D eigenvalue weighted by Crippen LogP contribution is -2.20. The molecule has 4 rings (SSSR count). The third-order valence-corrected chi connectivity index (χ3v) is 7.12. The Balaban J connectivity index is 1.84. The second-order valence-electron chi connectivity index (χ2n) is 7.41. The highest BCUT2D eigenvalue weighted by atomic mass is 35.5. The number of nitrogens with zero attached hydrogens (tertiary/aromatic N) is 3. The lowest BCUT2D eigenvalue weighted by atomic mass is 10.1. The first-order chi connectivity index (χ1) is 16.9. The highest BCUT2D eigenvalue weighted by Gasteiger charge is 2.28. The van der Waals surface area contributed by atoms with Crippen LogP contribution in [0.5, 0.6) is 11.5 Å². The molecule has 0 aliphatic carbocycles. The van der Waals surface area contributed by atoms with Gasteiger partial charge in [-0.1, -0.05) is 29.8 Å². The Morgan fingerprint density at radius 3 is 2.69 bits per heavy atom. The molecule has 2 unspecified atom stereocenters. The van der Waals surface area contributed by atoms with Gasteiger partial charge in [0.05, 0.1) is 53.8 Å². The van der Waals surface area contributed by atoms with Crippen molar-refractivity contribution in [2.45, 2.75) is 17.7 Å². The number of ether oxygens (including phenoxy) is 3. The first-order valence-corrected chi connectivity index (χ1v) is 12.2. The van der Waals surface area contributed by atoms with E-state index in [1.54, 1.807) is 41.4 Å². The fourth-order valence-electron chi connectivity index (χ4n) is 3.83. The van der Waals surface area contributed by atoms with E-state index in [1.165, 1.54) is 14.2 Å². The summed E-state index contributed by atoms with van der Waals surface area (Å²) in [5.41, 5.74) is 3.01. The molecule has 2 atom stereocenters. The van der Waals surface area contributed by atoms with Crippen molar-refractivity contribution in [3.8, 4) is 11.5 Å². The normalized spacial score (nSPS) is 12.8. The molecule has 0 fully saturated rings. The summed E-state index contributed by atoms with van der Waals surface area (Å²) < 4.78 is 31.5. The number of halogens is 1. The first-order valence-electron chi connectivity index (χ1n) is 10.4. The standard InChI is InChI=1S/C24H22ClN3O6S/c1-32-21-9-10-26-19(22(21)33-2)13-35(31)23(28-14-27-18-5-3-4-6-20(18)28)17-8-7-16(25)11-15(17)12-34-24(29)30/h3-11,14,23H,12-13H2,1-2H3,(H,29,30). The Kier molecular flexibility index (Phi) is 7.52. The molecule has 2 aromatic heterocycles. The molecule has 2 aromatic carbocycles. The van der Waals surface area contributed by atoms with E-state index < -0.39 is 22.3 Å². The van der Waals surface area contributed by atoms with Crippen molar-refractivity contribution in [1.29, 1.82) is 0 Å². The second kappa shape index (κ2) is 10.7. The van der Waals surface area contributed by atoms with Crippen LogP contribution in [0, 0.1) is 0 Å². The highest BCUT2D eigenvalue weighted by Crippen LogP contribution is 2.35. The third kappa shape index (κ3) is 5.23. The number of imidazole rings is 1. The van der Waals surface area contributed by atoms with Crippen LogP contribution in [0.4, 0.5) is 4.79 Å². The van der Waals surface area contributed by atoms with E-state index in [9.17, 15) is 9.00 Å². The van der Waals surface area contributed by atoms with Gasteiger partial charge < -0.3 is 23.9 Å². The molecule has 182 valence electrons. The van der Waals surface area contributed by atoms with Crippen molar-refractivity contribution in [1.82, 2.24) is 14.5 Å². The Hall–Kier alpha value is -3.63. The van der Waals surface area contributed by atoms with Crippen molar-refractivity contribution in [2.24, 2.45) is 0 Å². The van der Waals surface area contributed by atoms with Gasteiger partial charge in [-0.25, -0.2) is 9.78 Å². The summed E-state index contributed by atoms with van der Waals surface area (Å²) >= 11 is 6.20. The van der Waals surface area contributed by atoms with Crippen LogP contribution in [0.25, 0.3) is 11.0 Å². The summed E-state index contributed by atoms with van der Waals surface area (Å²) in [6, 6.07) is 14.1. The minimum Gasteiger partial charge on any atom is -0.493 e. The number of methoxy groups -OCH3 is 2. The maximum absolute atomic E-state index is 14.0. The number of para-hydroxylation sites is 2. The molecule has 0 saturated carbocycles. The summed E-state index contributed by atoms with van der Waals surface area (Å²) in [6.45, 7) is -0.258. The zero-order chi connectivity index (χ0) is 24.9. The average molecular weight is 516 g/mol.